The van der Waals surface area contributed by atoms with Crippen molar-refractivity contribution in [1.82, 2.24) is 25.1 Å². The quantitative estimate of drug-likeness (QED) is 0.581. The van der Waals surface area contributed by atoms with E-state index in [-0.39, 0.29) is 17.9 Å². The average molecular weight is 504 g/mol. The summed E-state index contributed by atoms with van der Waals surface area (Å²) in [4.78, 5) is 39.2. The molecule has 37 heavy (non-hydrogen) atoms. The first kappa shape index (κ1) is 25.8. The van der Waals surface area contributed by atoms with Gasteiger partial charge in [0.15, 0.2) is 0 Å². The molecule has 3 atom stereocenters. The molecule has 5 rings (SSSR count). The lowest BCUT2D eigenvalue weighted by atomic mass is 9.86. The Morgan fingerprint density at radius 2 is 1.59 bits per heavy atom. The third-order valence-electron chi connectivity index (χ3n) is 8.76. The first-order valence-corrected chi connectivity index (χ1v) is 14.1. The van der Waals surface area contributed by atoms with E-state index in [2.05, 4.69) is 44.5 Å². The van der Waals surface area contributed by atoms with Crippen LogP contribution in [-0.4, -0.2) is 64.3 Å². The molecule has 2 aromatic rings. The Bertz CT molecular complexity index is 1050. The fraction of sp³-hybridized carbons (Fsp3) is 0.600. The highest BCUT2D eigenvalue weighted by Crippen LogP contribution is 2.33. The van der Waals surface area contributed by atoms with Crippen molar-refractivity contribution in [3.8, 4) is 0 Å². The maximum Gasteiger partial charge on any atom is 0.257 e. The number of carbonyl (C=O) groups is 2. The Balaban J connectivity index is 1.15. The SMILES string of the molecule is Cc1ncnc(C)c1C(=O)N1CC2CN(CC[C@H](NC(=O)CC3CCCCC3)c3ccccc3)CC2C1. The summed E-state index contributed by atoms with van der Waals surface area (Å²) < 4.78 is 0. The smallest absolute Gasteiger partial charge is 0.257 e. The van der Waals surface area contributed by atoms with Crippen LogP contribution in [0.4, 0.5) is 0 Å². The molecule has 2 saturated heterocycles. The van der Waals surface area contributed by atoms with Crippen LogP contribution in [0.5, 0.6) is 0 Å². The second-order valence-electron chi connectivity index (χ2n) is 11.4. The van der Waals surface area contributed by atoms with Crippen LogP contribution in [0.15, 0.2) is 36.7 Å². The van der Waals surface area contributed by atoms with Crippen molar-refractivity contribution in [3.05, 3.63) is 59.2 Å². The third kappa shape index (κ3) is 6.20. The van der Waals surface area contributed by atoms with E-state index < -0.39 is 0 Å². The lowest BCUT2D eigenvalue weighted by molar-refractivity contribution is -0.123. The molecule has 1 aliphatic carbocycles. The number of fused-ring (bicyclic) bond motifs is 1. The maximum absolute atomic E-state index is 13.2. The van der Waals surface area contributed by atoms with E-state index in [1.54, 1.807) is 0 Å². The zero-order chi connectivity index (χ0) is 25.8. The van der Waals surface area contributed by atoms with Crippen LogP contribution in [0, 0.1) is 31.6 Å². The van der Waals surface area contributed by atoms with Gasteiger partial charge in [-0.1, -0.05) is 49.6 Å². The summed E-state index contributed by atoms with van der Waals surface area (Å²) in [6, 6.07) is 10.4. The minimum Gasteiger partial charge on any atom is -0.349 e. The molecule has 1 aromatic heterocycles. The number of nitrogens with zero attached hydrogens (tertiary/aromatic N) is 4. The second kappa shape index (κ2) is 11.7. The van der Waals surface area contributed by atoms with Crippen molar-refractivity contribution in [2.75, 3.05) is 32.7 Å². The Hall–Kier alpha value is -2.80. The highest BCUT2D eigenvalue weighted by molar-refractivity contribution is 5.96. The molecule has 7 heteroatoms. The zero-order valence-corrected chi connectivity index (χ0v) is 22.4. The number of likely N-dealkylation sites (tertiary alicyclic amines) is 2. The van der Waals surface area contributed by atoms with Crippen molar-refractivity contribution in [3.63, 3.8) is 0 Å². The van der Waals surface area contributed by atoms with Crippen molar-refractivity contribution in [2.45, 2.75) is 64.8 Å². The molecule has 2 unspecified atom stereocenters. The number of amides is 2. The van der Waals surface area contributed by atoms with E-state index in [9.17, 15) is 9.59 Å². The van der Waals surface area contributed by atoms with Crippen LogP contribution in [0.2, 0.25) is 0 Å². The Morgan fingerprint density at radius 1 is 0.946 bits per heavy atom. The van der Waals surface area contributed by atoms with Gasteiger partial charge < -0.3 is 15.1 Å². The first-order valence-electron chi connectivity index (χ1n) is 14.1. The van der Waals surface area contributed by atoms with E-state index in [0.717, 1.165) is 50.5 Å². The van der Waals surface area contributed by atoms with E-state index in [4.69, 9.17) is 0 Å². The number of nitrogens with one attached hydrogen (secondary N) is 1. The predicted molar refractivity (Wildman–Crippen MR) is 144 cm³/mol. The first-order chi connectivity index (χ1) is 18.0. The van der Waals surface area contributed by atoms with Gasteiger partial charge in [0.25, 0.3) is 5.91 Å². The minimum atomic E-state index is 0.0415. The van der Waals surface area contributed by atoms with Gasteiger partial charge in [-0.2, -0.15) is 0 Å². The molecule has 7 nitrogen and oxygen atoms in total. The molecule has 198 valence electrons. The fourth-order valence-electron chi connectivity index (χ4n) is 6.73. The van der Waals surface area contributed by atoms with Crippen LogP contribution in [0.25, 0.3) is 0 Å². The largest absolute Gasteiger partial charge is 0.349 e. The van der Waals surface area contributed by atoms with Gasteiger partial charge >= 0.3 is 0 Å². The molecule has 2 aliphatic heterocycles. The molecule has 1 saturated carbocycles. The Morgan fingerprint density at radius 3 is 2.24 bits per heavy atom. The van der Waals surface area contributed by atoms with Gasteiger partial charge in [0.2, 0.25) is 5.91 Å². The van der Waals surface area contributed by atoms with Gasteiger partial charge in [-0.3, -0.25) is 9.59 Å². The molecule has 3 heterocycles. The van der Waals surface area contributed by atoms with Gasteiger partial charge in [-0.05, 0) is 56.4 Å². The number of aromatic nitrogens is 2. The van der Waals surface area contributed by atoms with Crippen molar-refractivity contribution in [2.24, 2.45) is 17.8 Å². The summed E-state index contributed by atoms with van der Waals surface area (Å²) in [6.07, 6.45) is 9.31. The molecule has 0 radical (unpaired) electrons. The van der Waals surface area contributed by atoms with Crippen molar-refractivity contribution in [1.29, 1.82) is 0 Å². The second-order valence-corrected chi connectivity index (χ2v) is 11.4. The average Bonchev–Trinajstić information content (AvgIpc) is 3.47. The summed E-state index contributed by atoms with van der Waals surface area (Å²) >= 11 is 0. The van der Waals surface area contributed by atoms with E-state index in [1.165, 1.54) is 44.0 Å². The molecule has 3 aliphatic rings. The van der Waals surface area contributed by atoms with Crippen molar-refractivity contribution >= 4 is 11.8 Å². The Labute approximate surface area is 221 Å². The van der Waals surface area contributed by atoms with Gasteiger partial charge in [0.05, 0.1) is 23.0 Å². The minimum absolute atomic E-state index is 0.0415. The summed E-state index contributed by atoms with van der Waals surface area (Å²) in [5, 5.41) is 3.38. The lowest BCUT2D eigenvalue weighted by Gasteiger charge is -2.26. The van der Waals surface area contributed by atoms with Gasteiger partial charge in [0, 0.05) is 39.1 Å². The number of hydrogen-bond donors (Lipinski definition) is 1. The number of rotatable bonds is 8. The van der Waals surface area contributed by atoms with E-state index >= 15 is 0 Å². The molecular weight excluding hydrogens is 462 g/mol. The maximum atomic E-state index is 13.2. The van der Waals surface area contributed by atoms with Gasteiger partial charge in [0.1, 0.15) is 6.33 Å². The summed E-state index contributed by atoms with van der Waals surface area (Å²) in [7, 11) is 0. The molecular formula is C30H41N5O2. The van der Waals surface area contributed by atoms with E-state index in [1.807, 2.05) is 24.8 Å². The number of carbonyl (C=O) groups excluding carboxylic acids is 2. The van der Waals surface area contributed by atoms with Crippen LogP contribution < -0.4 is 5.32 Å². The molecule has 0 bridgehead atoms. The molecule has 3 fully saturated rings. The zero-order valence-electron chi connectivity index (χ0n) is 22.4. The summed E-state index contributed by atoms with van der Waals surface area (Å²) in [5.74, 6) is 1.82. The third-order valence-corrected chi connectivity index (χ3v) is 8.76. The number of benzene rings is 1. The summed E-state index contributed by atoms with van der Waals surface area (Å²) in [6.45, 7) is 8.34. The number of aryl methyl sites for hydroxylation is 2. The monoisotopic (exact) mass is 503 g/mol. The molecule has 1 aromatic carbocycles. The highest BCUT2D eigenvalue weighted by atomic mass is 16.2. The fourth-order valence-corrected chi connectivity index (χ4v) is 6.73. The van der Waals surface area contributed by atoms with Crippen LogP contribution in [0.3, 0.4) is 0 Å². The lowest BCUT2D eigenvalue weighted by Crippen LogP contribution is -2.36. The predicted octanol–water partition coefficient (Wildman–Crippen LogP) is 4.32. The van der Waals surface area contributed by atoms with Crippen LogP contribution >= 0.6 is 0 Å². The molecule has 1 N–H and O–H groups in total. The van der Waals surface area contributed by atoms with Gasteiger partial charge in [-0.25, -0.2) is 9.97 Å². The highest BCUT2D eigenvalue weighted by Gasteiger charge is 2.42. The number of hydrogen-bond acceptors (Lipinski definition) is 5. The van der Waals surface area contributed by atoms with Crippen molar-refractivity contribution < 1.29 is 9.59 Å². The molecule has 2 amide bonds. The Kier molecular flexibility index (Phi) is 8.18. The van der Waals surface area contributed by atoms with Gasteiger partial charge in [-0.15, -0.1) is 0 Å². The standard InChI is InChI=1S/C30H41N5O2/c1-21-29(22(2)32-20-31-21)30(37)35-18-25-16-34(17-26(25)19-35)14-13-27(24-11-7-4-8-12-24)33-28(36)15-23-9-5-3-6-10-23/h4,7-8,11-12,20,23,25-27H,3,5-6,9-10,13-19H2,1-2H3,(H,33,36)/t25?,26?,27-/m0/s1. The normalized spacial score (nSPS) is 23.1. The van der Waals surface area contributed by atoms with E-state index in [0.29, 0.717) is 29.7 Å². The molecule has 0 spiro atoms. The topological polar surface area (TPSA) is 78.4 Å². The summed E-state index contributed by atoms with van der Waals surface area (Å²) in [5.41, 5.74) is 3.36. The van der Waals surface area contributed by atoms with Crippen LogP contribution in [0.1, 0.15) is 78.3 Å². The van der Waals surface area contributed by atoms with Crippen LogP contribution in [-0.2, 0) is 4.79 Å².